The number of hydrogen-bond acceptors (Lipinski definition) is 5. The summed E-state index contributed by atoms with van der Waals surface area (Å²) >= 11 is 0. The second kappa shape index (κ2) is 7.75. The number of ether oxygens (including phenoxy) is 1. The number of amides is 1. The van der Waals surface area contributed by atoms with E-state index in [1.54, 1.807) is 0 Å². The van der Waals surface area contributed by atoms with Crippen LogP contribution in [-0.2, 0) is 19.6 Å². The molecule has 0 radical (unpaired) electrons. The zero-order valence-corrected chi connectivity index (χ0v) is 15.6. The van der Waals surface area contributed by atoms with Gasteiger partial charge in [0, 0.05) is 18.6 Å². The summed E-state index contributed by atoms with van der Waals surface area (Å²) in [5.74, 6) is -0.967. The maximum Gasteiger partial charge on any atom is 0.338 e. The molecule has 1 amide bonds. The van der Waals surface area contributed by atoms with Gasteiger partial charge in [-0.05, 0) is 56.9 Å². The van der Waals surface area contributed by atoms with Crippen LogP contribution in [0.3, 0.4) is 0 Å². The Balaban J connectivity index is 1.61. The van der Waals surface area contributed by atoms with Crippen molar-refractivity contribution < 1.29 is 22.7 Å². The van der Waals surface area contributed by atoms with Gasteiger partial charge in [0.15, 0.2) is 6.61 Å². The van der Waals surface area contributed by atoms with Crippen molar-refractivity contribution in [1.82, 2.24) is 9.62 Å². The molecule has 1 aliphatic carbocycles. The average Bonchev–Trinajstić information content (AvgIpc) is 3.44. The third-order valence-corrected chi connectivity index (χ3v) is 6.74. The van der Waals surface area contributed by atoms with Gasteiger partial charge in [-0.1, -0.05) is 6.42 Å². The molecule has 142 valence electrons. The van der Waals surface area contributed by atoms with Crippen molar-refractivity contribution in [3.05, 3.63) is 29.8 Å². The molecular weight excluding hydrogens is 356 g/mol. The summed E-state index contributed by atoms with van der Waals surface area (Å²) in [6.07, 6.45) is 4.67. The highest BCUT2D eigenvalue weighted by atomic mass is 32.2. The van der Waals surface area contributed by atoms with Gasteiger partial charge >= 0.3 is 5.97 Å². The molecule has 0 unspecified atom stereocenters. The van der Waals surface area contributed by atoms with Crippen LogP contribution in [-0.4, -0.2) is 49.8 Å². The van der Waals surface area contributed by atoms with E-state index in [1.807, 2.05) is 6.92 Å². The molecule has 8 heteroatoms. The van der Waals surface area contributed by atoms with Crippen molar-refractivity contribution in [3.8, 4) is 0 Å². The number of sulfonamides is 1. The van der Waals surface area contributed by atoms with E-state index in [0.29, 0.717) is 6.54 Å². The number of benzene rings is 1. The lowest BCUT2D eigenvalue weighted by molar-refractivity contribution is -0.124. The van der Waals surface area contributed by atoms with Crippen LogP contribution in [0, 0.1) is 0 Å². The van der Waals surface area contributed by atoms with E-state index in [9.17, 15) is 18.0 Å². The first-order valence-corrected chi connectivity index (χ1v) is 10.4. The van der Waals surface area contributed by atoms with Gasteiger partial charge in [-0.25, -0.2) is 13.2 Å². The Morgan fingerprint density at radius 1 is 1.15 bits per heavy atom. The molecule has 1 saturated heterocycles. The molecule has 2 aliphatic rings. The average molecular weight is 380 g/mol. The van der Waals surface area contributed by atoms with Crippen LogP contribution in [0.1, 0.15) is 49.4 Å². The molecule has 1 atom stereocenters. The van der Waals surface area contributed by atoms with Crippen molar-refractivity contribution in [1.29, 1.82) is 0 Å². The summed E-state index contributed by atoms with van der Waals surface area (Å²) < 4.78 is 32.0. The van der Waals surface area contributed by atoms with Gasteiger partial charge in [0.2, 0.25) is 10.0 Å². The minimum atomic E-state index is -3.57. The van der Waals surface area contributed by atoms with Crippen LogP contribution in [0.2, 0.25) is 0 Å². The number of esters is 1. The van der Waals surface area contributed by atoms with E-state index < -0.39 is 16.0 Å². The summed E-state index contributed by atoms with van der Waals surface area (Å²) in [4.78, 5) is 23.7. The molecule has 26 heavy (non-hydrogen) atoms. The normalized spacial score (nSPS) is 21.2. The molecule has 2 fully saturated rings. The topological polar surface area (TPSA) is 92.8 Å². The molecule has 1 aromatic rings. The Morgan fingerprint density at radius 3 is 2.46 bits per heavy atom. The van der Waals surface area contributed by atoms with Gasteiger partial charge in [0.25, 0.3) is 5.91 Å². The third-order valence-electron chi connectivity index (χ3n) is 4.72. The molecule has 0 aromatic heterocycles. The van der Waals surface area contributed by atoms with E-state index in [-0.39, 0.29) is 35.1 Å². The van der Waals surface area contributed by atoms with E-state index in [0.717, 1.165) is 32.1 Å². The molecule has 1 aromatic carbocycles. The standard InChI is InChI=1S/C18H24N2O5S/c1-13-4-2-3-11-20(13)26(23,24)16-9-5-14(6-10-16)18(22)25-12-17(21)19-15-7-8-15/h5-6,9-10,13,15H,2-4,7-8,11-12H2,1H3,(H,19,21)/t13-/m1/s1. The zero-order chi connectivity index (χ0) is 18.7. The summed E-state index contributed by atoms with van der Waals surface area (Å²) in [5, 5.41) is 2.73. The second-order valence-corrected chi connectivity index (χ2v) is 8.79. The Bertz CT molecular complexity index is 771. The molecule has 1 saturated carbocycles. The van der Waals surface area contributed by atoms with Gasteiger partial charge in [0.1, 0.15) is 0 Å². The Morgan fingerprint density at radius 2 is 1.85 bits per heavy atom. The van der Waals surface area contributed by atoms with E-state index >= 15 is 0 Å². The first kappa shape index (κ1) is 18.8. The Labute approximate surface area is 153 Å². The smallest absolute Gasteiger partial charge is 0.338 e. The van der Waals surface area contributed by atoms with Crippen molar-refractivity contribution in [2.75, 3.05) is 13.2 Å². The van der Waals surface area contributed by atoms with Gasteiger partial charge in [0.05, 0.1) is 10.5 Å². The third kappa shape index (κ3) is 4.42. The highest BCUT2D eigenvalue weighted by Crippen LogP contribution is 2.25. The van der Waals surface area contributed by atoms with Crippen LogP contribution < -0.4 is 5.32 Å². The molecule has 1 N–H and O–H groups in total. The second-order valence-electron chi connectivity index (χ2n) is 6.90. The first-order chi connectivity index (χ1) is 12.4. The maximum atomic E-state index is 12.8. The Hall–Kier alpha value is -1.93. The largest absolute Gasteiger partial charge is 0.452 e. The summed E-state index contributed by atoms with van der Waals surface area (Å²) in [6.45, 7) is 2.10. The highest BCUT2D eigenvalue weighted by Gasteiger charge is 2.31. The van der Waals surface area contributed by atoms with Crippen molar-refractivity contribution in [3.63, 3.8) is 0 Å². The van der Waals surface area contributed by atoms with Gasteiger partial charge < -0.3 is 10.1 Å². The predicted octanol–water partition coefficient (Wildman–Crippen LogP) is 1.69. The maximum absolute atomic E-state index is 12.8. The number of carbonyl (C=O) groups is 2. The van der Waals surface area contributed by atoms with Crippen molar-refractivity contribution >= 4 is 21.9 Å². The van der Waals surface area contributed by atoms with Crippen LogP contribution in [0.5, 0.6) is 0 Å². The number of carbonyl (C=O) groups excluding carboxylic acids is 2. The Kier molecular flexibility index (Phi) is 5.62. The monoisotopic (exact) mass is 380 g/mol. The van der Waals surface area contributed by atoms with Gasteiger partial charge in [-0.3, -0.25) is 4.79 Å². The lowest BCUT2D eigenvalue weighted by Crippen LogP contribution is -2.41. The summed E-state index contributed by atoms with van der Waals surface area (Å²) in [5.41, 5.74) is 0.217. The summed E-state index contributed by atoms with van der Waals surface area (Å²) in [6, 6.07) is 5.85. The fourth-order valence-electron chi connectivity index (χ4n) is 3.04. The fraction of sp³-hybridized carbons (Fsp3) is 0.556. The van der Waals surface area contributed by atoms with Gasteiger partial charge in [-0.2, -0.15) is 4.31 Å². The fourth-order valence-corrected chi connectivity index (χ4v) is 4.74. The van der Waals surface area contributed by atoms with Crippen LogP contribution in [0.15, 0.2) is 29.2 Å². The van der Waals surface area contributed by atoms with Crippen LogP contribution in [0.4, 0.5) is 0 Å². The van der Waals surface area contributed by atoms with Crippen molar-refractivity contribution in [2.45, 2.75) is 56.0 Å². The van der Waals surface area contributed by atoms with Crippen molar-refractivity contribution in [2.24, 2.45) is 0 Å². The zero-order valence-electron chi connectivity index (χ0n) is 14.8. The summed E-state index contributed by atoms with van der Waals surface area (Å²) in [7, 11) is -3.57. The minimum absolute atomic E-state index is 0.0247. The molecule has 0 spiro atoms. The molecule has 7 nitrogen and oxygen atoms in total. The quantitative estimate of drug-likeness (QED) is 0.758. The number of nitrogens with zero attached hydrogens (tertiary/aromatic N) is 1. The van der Waals surface area contributed by atoms with Crippen LogP contribution >= 0.6 is 0 Å². The number of rotatable bonds is 6. The van der Waals surface area contributed by atoms with E-state index in [1.165, 1.54) is 28.6 Å². The highest BCUT2D eigenvalue weighted by molar-refractivity contribution is 7.89. The minimum Gasteiger partial charge on any atom is -0.452 e. The lowest BCUT2D eigenvalue weighted by atomic mass is 10.1. The van der Waals surface area contributed by atoms with E-state index in [2.05, 4.69) is 5.32 Å². The molecule has 1 aliphatic heterocycles. The molecular formula is C18H24N2O5S. The van der Waals surface area contributed by atoms with E-state index in [4.69, 9.17) is 4.74 Å². The SMILES string of the molecule is C[C@@H]1CCCCN1S(=O)(=O)c1ccc(C(=O)OCC(=O)NC2CC2)cc1. The molecule has 3 rings (SSSR count). The first-order valence-electron chi connectivity index (χ1n) is 8.96. The number of hydrogen-bond donors (Lipinski definition) is 1. The van der Waals surface area contributed by atoms with Gasteiger partial charge in [-0.15, -0.1) is 0 Å². The lowest BCUT2D eigenvalue weighted by Gasteiger charge is -2.32. The number of nitrogens with one attached hydrogen (secondary N) is 1. The number of piperidine rings is 1. The van der Waals surface area contributed by atoms with Crippen LogP contribution in [0.25, 0.3) is 0 Å². The predicted molar refractivity (Wildman–Crippen MR) is 95.1 cm³/mol. The molecule has 1 heterocycles. The molecule has 0 bridgehead atoms.